The van der Waals surface area contributed by atoms with Gasteiger partial charge in [-0.15, -0.1) is 0 Å². The van der Waals surface area contributed by atoms with E-state index in [4.69, 9.17) is 4.74 Å². The lowest BCUT2D eigenvalue weighted by molar-refractivity contribution is 0.405. The third kappa shape index (κ3) is 2.74. The molecule has 0 aliphatic rings. The van der Waals surface area contributed by atoms with E-state index in [1.54, 1.807) is 7.11 Å². The second kappa shape index (κ2) is 6.03. The van der Waals surface area contributed by atoms with Gasteiger partial charge in [-0.05, 0) is 24.7 Å². The molecule has 1 atom stereocenters. The van der Waals surface area contributed by atoms with Crippen LogP contribution in [0.25, 0.3) is 0 Å². The Morgan fingerprint density at radius 2 is 1.83 bits per heavy atom. The minimum Gasteiger partial charge on any atom is -0.496 e. The molecule has 0 heterocycles. The molecule has 0 amide bonds. The molecule has 3 heteroatoms. The normalized spacial score (nSPS) is 12.2. The summed E-state index contributed by atoms with van der Waals surface area (Å²) in [6, 6.07) is 16.6. The number of methoxy groups -OCH3 is 1. The molecular formula is C15H16BrNO. The SMILES string of the molecule is CNC(c1ccccc1)c1ccc(Br)cc1OC. The highest BCUT2D eigenvalue weighted by molar-refractivity contribution is 9.10. The predicted octanol–water partition coefficient (Wildman–Crippen LogP) is 3.77. The van der Waals surface area contributed by atoms with Crippen molar-refractivity contribution in [1.29, 1.82) is 0 Å². The number of halogens is 1. The molecular weight excluding hydrogens is 290 g/mol. The fourth-order valence-corrected chi connectivity index (χ4v) is 2.41. The van der Waals surface area contributed by atoms with Crippen LogP contribution >= 0.6 is 15.9 Å². The van der Waals surface area contributed by atoms with Crippen LogP contribution in [0.15, 0.2) is 53.0 Å². The molecule has 0 aromatic heterocycles. The molecule has 2 aromatic rings. The van der Waals surface area contributed by atoms with Gasteiger partial charge in [0.2, 0.25) is 0 Å². The van der Waals surface area contributed by atoms with Gasteiger partial charge in [-0.2, -0.15) is 0 Å². The number of hydrogen-bond acceptors (Lipinski definition) is 2. The molecule has 2 rings (SSSR count). The molecule has 1 unspecified atom stereocenters. The van der Waals surface area contributed by atoms with E-state index in [2.05, 4.69) is 39.4 Å². The molecule has 94 valence electrons. The summed E-state index contributed by atoms with van der Waals surface area (Å²) >= 11 is 3.46. The average molecular weight is 306 g/mol. The molecule has 2 nitrogen and oxygen atoms in total. The maximum atomic E-state index is 5.46. The second-order valence-corrected chi connectivity index (χ2v) is 4.93. The Morgan fingerprint density at radius 3 is 2.44 bits per heavy atom. The van der Waals surface area contributed by atoms with Crippen LogP contribution in [0.1, 0.15) is 17.2 Å². The Bertz CT molecular complexity index is 513. The highest BCUT2D eigenvalue weighted by atomic mass is 79.9. The van der Waals surface area contributed by atoms with Gasteiger partial charge in [-0.3, -0.25) is 0 Å². The van der Waals surface area contributed by atoms with Crippen LogP contribution in [-0.4, -0.2) is 14.2 Å². The zero-order chi connectivity index (χ0) is 13.0. The van der Waals surface area contributed by atoms with Crippen molar-refractivity contribution >= 4 is 15.9 Å². The first-order valence-electron chi connectivity index (χ1n) is 5.82. The Morgan fingerprint density at radius 1 is 1.11 bits per heavy atom. The molecule has 0 saturated heterocycles. The van der Waals surface area contributed by atoms with Crippen molar-refractivity contribution in [2.75, 3.05) is 14.2 Å². The number of nitrogens with one attached hydrogen (secondary N) is 1. The molecule has 0 bridgehead atoms. The molecule has 0 fully saturated rings. The third-order valence-corrected chi connectivity index (χ3v) is 3.42. The lowest BCUT2D eigenvalue weighted by atomic mass is 9.98. The fourth-order valence-electron chi connectivity index (χ4n) is 2.07. The van der Waals surface area contributed by atoms with E-state index < -0.39 is 0 Å². The maximum absolute atomic E-state index is 5.46. The standard InChI is InChI=1S/C15H16BrNO/c1-17-15(11-6-4-3-5-7-11)13-9-8-12(16)10-14(13)18-2/h3-10,15,17H,1-2H3. The fraction of sp³-hybridized carbons (Fsp3) is 0.200. The van der Waals surface area contributed by atoms with Crippen LogP contribution in [0, 0.1) is 0 Å². The molecule has 1 N–H and O–H groups in total. The smallest absolute Gasteiger partial charge is 0.125 e. The van der Waals surface area contributed by atoms with Crippen molar-refractivity contribution in [3.63, 3.8) is 0 Å². The van der Waals surface area contributed by atoms with Crippen LogP contribution < -0.4 is 10.1 Å². The van der Waals surface area contributed by atoms with Crippen LogP contribution in [0.3, 0.4) is 0 Å². The van der Waals surface area contributed by atoms with Gasteiger partial charge in [0.05, 0.1) is 13.2 Å². The molecule has 0 aliphatic carbocycles. The van der Waals surface area contributed by atoms with Gasteiger partial charge in [-0.1, -0.05) is 52.3 Å². The number of hydrogen-bond donors (Lipinski definition) is 1. The molecule has 0 spiro atoms. The Kier molecular flexibility index (Phi) is 4.39. The summed E-state index contributed by atoms with van der Waals surface area (Å²) in [5, 5.41) is 3.33. The summed E-state index contributed by atoms with van der Waals surface area (Å²) in [5.41, 5.74) is 2.36. The van der Waals surface area contributed by atoms with Crippen LogP contribution in [-0.2, 0) is 0 Å². The summed E-state index contributed by atoms with van der Waals surface area (Å²) in [7, 11) is 3.65. The summed E-state index contributed by atoms with van der Waals surface area (Å²) in [5.74, 6) is 0.882. The van der Waals surface area contributed by atoms with Gasteiger partial charge in [0.15, 0.2) is 0 Å². The first kappa shape index (κ1) is 13.1. The number of rotatable bonds is 4. The van der Waals surface area contributed by atoms with Gasteiger partial charge in [0, 0.05) is 10.0 Å². The van der Waals surface area contributed by atoms with Crippen molar-refractivity contribution in [2.45, 2.75) is 6.04 Å². The second-order valence-electron chi connectivity index (χ2n) is 4.02. The van der Waals surface area contributed by atoms with E-state index in [1.807, 2.05) is 37.4 Å². The highest BCUT2D eigenvalue weighted by Crippen LogP contribution is 2.31. The summed E-state index contributed by atoms with van der Waals surface area (Å²) in [6.07, 6.45) is 0. The number of ether oxygens (including phenoxy) is 1. The predicted molar refractivity (Wildman–Crippen MR) is 78.0 cm³/mol. The van der Waals surface area contributed by atoms with Gasteiger partial charge in [-0.25, -0.2) is 0 Å². The topological polar surface area (TPSA) is 21.3 Å². The van der Waals surface area contributed by atoms with Crippen LogP contribution in [0.4, 0.5) is 0 Å². The van der Waals surface area contributed by atoms with Gasteiger partial charge >= 0.3 is 0 Å². The third-order valence-electron chi connectivity index (χ3n) is 2.93. The van der Waals surface area contributed by atoms with E-state index in [1.165, 1.54) is 5.56 Å². The highest BCUT2D eigenvalue weighted by Gasteiger charge is 2.16. The molecule has 0 saturated carbocycles. The monoisotopic (exact) mass is 305 g/mol. The van der Waals surface area contributed by atoms with Crippen LogP contribution in [0.2, 0.25) is 0 Å². The quantitative estimate of drug-likeness (QED) is 0.928. The van der Waals surface area contributed by atoms with E-state index in [0.717, 1.165) is 15.8 Å². The number of benzene rings is 2. The van der Waals surface area contributed by atoms with Crippen molar-refractivity contribution in [1.82, 2.24) is 5.32 Å². The van der Waals surface area contributed by atoms with E-state index in [9.17, 15) is 0 Å². The Balaban J connectivity index is 2.45. The van der Waals surface area contributed by atoms with Gasteiger partial charge in [0.25, 0.3) is 0 Å². The minimum atomic E-state index is 0.134. The zero-order valence-corrected chi connectivity index (χ0v) is 12.1. The van der Waals surface area contributed by atoms with Crippen molar-refractivity contribution < 1.29 is 4.74 Å². The summed E-state index contributed by atoms with van der Waals surface area (Å²) < 4.78 is 6.48. The Labute approximate surface area is 116 Å². The average Bonchev–Trinajstić information content (AvgIpc) is 2.42. The Hall–Kier alpha value is -1.32. The zero-order valence-electron chi connectivity index (χ0n) is 10.5. The van der Waals surface area contributed by atoms with Crippen molar-refractivity contribution in [2.24, 2.45) is 0 Å². The molecule has 2 aromatic carbocycles. The lowest BCUT2D eigenvalue weighted by Crippen LogP contribution is -2.18. The molecule has 0 radical (unpaired) electrons. The maximum Gasteiger partial charge on any atom is 0.125 e. The first-order chi connectivity index (χ1) is 8.76. The van der Waals surface area contributed by atoms with Gasteiger partial charge < -0.3 is 10.1 Å². The molecule has 0 aliphatic heterocycles. The lowest BCUT2D eigenvalue weighted by Gasteiger charge is -2.20. The van der Waals surface area contributed by atoms with E-state index in [-0.39, 0.29) is 6.04 Å². The largest absolute Gasteiger partial charge is 0.496 e. The minimum absolute atomic E-state index is 0.134. The van der Waals surface area contributed by atoms with E-state index >= 15 is 0 Å². The summed E-state index contributed by atoms with van der Waals surface area (Å²) in [4.78, 5) is 0. The van der Waals surface area contributed by atoms with E-state index in [0.29, 0.717) is 0 Å². The van der Waals surface area contributed by atoms with Crippen molar-refractivity contribution in [3.8, 4) is 5.75 Å². The van der Waals surface area contributed by atoms with Crippen molar-refractivity contribution in [3.05, 3.63) is 64.1 Å². The molecule has 18 heavy (non-hydrogen) atoms. The summed E-state index contributed by atoms with van der Waals surface area (Å²) in [6.45, 7) is 0. The van der Waals surface area contributed by atoms with Gasteiger partial charge in [0.1, 0.15) is 5.75 Å². The van der Waals surface area contributed by atoms with Crippen LogP contribution in [0.5, 0.6) is 5.75 Å². The first-order valence-corrected chi connectivity index (χ1v) is 6.61.